The number of ether oxygens (including phenoxy) is 3. The average molecular weight is 362 g/mol. The summed E-state index contributed by atoms with van der Waals surface area (Å²) in [5.74, 6) is -0.476. The van der Waals surface area contributed by atoms with Crippen LogP contribution in [0.15, 0.2) is 35.5 Å². The summed E-state index contributed by atoms with van der Waals surface area (Å²) in [5.41, 5.74) is 1.47. The SMILES string of the molecule is CCOC(=O)COc1ccc(C2NC(=O)NC(C)=C2C(=O)OCC)cc1. The van der Waals surface area contributed by atoms with Crippen LogP contribution >= 0.6 is 0 Å². The molecule has 0 aromatic heterocycles. The molecule has 0 fully saturated rings. The zero-order chi connectivity index (χ0) is 19.1. The summed E-state index contributed by atoms with van der Waals surface area (Å²) in [7, 11) is 0. The van der Waals surface area contributed by atoms with Crippen LogP contribution in [-0.2, 0) is 19.1 Å². The monoisotopic (exact) mass is 362 g/mol. The van der Waals surface area contributed by atoms with Crippen molar-refractivity contribution in [2.45, 2.75) is 26.8 Å². The molecule has 26 heavy (non-hydrogen) atoms. The van der Waals surface area contributed by atoms with E-state index in [0.717, 1.165) is 0 Å². The van der Waals surface area contributed by atoms with Gasteiger partial charge in [0, 0.05) is 5.70 Å². The number of allylic oxidation sites excluding steroid dienone is 1. The number of nitrogens with one attached hydrogen (secondary N) is 2. The van der Waals surface area contributed by atoms with Gasteiger partial charge in [-0.25, -0.2) is 14.4 Å². The second-order valence-corrected chi connectivity index (χ2v) is 5.45. The summed E-state index contributed by atoms with van der Waals surface area (Å²) in [4.78, 5) is 35.4. The third kappa shape index (κ3) is 4.75. The van der Waals surface area contributed by atoms with Gasteiger partial charge in [0.15, 0.2) is 6.61 Å². The number of rotatable bonds is 7. The van der Waals surface area contributed by atoms with E-state index in [1.165, 1.54) is 0 Å². The quantitative estimate of drug-likeness (QED) is 0.717. The van der Waals surface area contributed by atoms with Crippen LogP contribution in [0.25, 0.3) is 0 Å². The van der Waals surface area contributed by atoms with Crippen LogP contribution in [0.3, 0.4) is 0 Å². The number of amides is 2. The highest BCUT2D eigenvalue weighted by Gasteiger charge is 2.32. The second-order valence-electron chi connectivity index (χ2n) is 5.45. The summed E-state index contributed by atoms with van der Waals surface area (Å²) < 4.78 is 15.2. The first-order chi connectivity index (χ1) is 12.5. The number of benzene rings is 1. The molecule has 1 aliphatic heterocycles. The molecule has 0 saturated heterocycles. The van der Waals surface area contributed by atoms with E-state index in [2.05, 4.69) is 10.6 Å². The van der Waals surface area contributed by atoms with E-state index in [4.69, 9.17) is 14.2 Å². The van der Waals surface area contributed by atoms with E-state index < -0.39 is 24.0 Å². The second kappa shape index (κ2) is 8.89. The van der Waals surface area contributed by atoms with Gasteiger partial charge in [-0.3, -0.25) is 0 Å². The lowest BCUT2D eigenvalue weighted by atomic mass is 9.95. The van der Waals surface area contributed by atoms with Crippen LogP contribution in [-0.4, -0.2) is 37.8 Å². The summed E-state index contributed by atoms with van der Waals surface area (Å²) in [5, 5.41) is 5.29. The molecule has 8 nitrogen and oxygen atoms in total. The van der Waals surface area contributed by atoms with Crippen LogP contribution < -0.4 is 15.4 Å². The highest BCUT2D eigenvalue weighted by molar-refractivity contribution is 5.95. The molecule has 1 unspecified atom stereocenters. The maximum absolute atomic E-state index is 12.3. The summed E-state index contributed by atoms with van der Waals surface area (Å²) in [6, 6.07) is 5.69. The van der Waals surface area contributed by atoms with Crippen LogP contribution in [0, 0.1) is 0 Å². The van der Waals surface area contributed by atoms with Gasteiger partial charge in [-0.2, -0.15) is 0 Å². The summed E-state index contributed by atoms with van der Waals surface area (Å²) in [6.45, 7) is 5.42. The van der Waals surface area contributed by atoms with E-state index in [0.29, 0.717) is 29.2 Å². The molecule has 2 amide bonds. The zero-order valence-corrected chi connectivity index (χ0v) is 15.0. The average Bonchev–Trinajstić information content (AvgIpc) is 2.60. The fourth-order valence-electron chi connectivity index (χ4n) is 2.52. The molecule has 1 aromatic rings. The number of hydrogen-bond donors (Lipinski definition) is 2. The van der Waals surface area contributed by atoms with Gasteiger partial charge in [0.25, 0.3) is 0 Å². The van der Waals surface area contributed by atoms with Crippen LogP contribution in [0.1, 0.15) is 32.4 Å². The third-order valence-electron chi connectivity index (χ3n) is 3.64. The molecule has 0 saturated carbocycles. The predicted octanol–water partition coefficient (Wildman–Crippen LogP) is 1.82. The van der Waals surface area contributed by atoms with E-state index in [9.17, 15) is 14.4 Å². The Morgan fingerprint density at radius 3 is 2.35 bits per heavy atom. The van der Waals surface area contributed by atoms with Gasteiger partial charge in [0.05, 0.1) is 24.8 Å². The topological polar surface area (TPSA) is 103 Å². The summed E-state index contributed by atoms with van der Waals surface area (Å²) >= 11 is 0. The first-order valence-electron chi connectivity index (χ1n) is 8.30. The normalized spacial score (nSPS) is 16.4. The van der Waals surface area contributed by atoms with Crippen LogP contribution in [0.4, 0.5) is 4.79 Å². The van der Waals surface area contributed by atoms with Crippen molar-refractivity contribution in [3.63, 3.8) is 0 Å². The van der Waals surface area contributed by atoms with E-state index in [-0.39, 0.29) is 13.2 Å². The van der Waals surface area contributed by atoms with Crippen LogP contribution in [0.2, 0.25) is 0 Å². The lowest BCUT2D eigenvalue weighted by Gasteiger charge is -2.28. The number of hydrogen-bond acceptors (Lipinski definition) is 6. The zero-order valence-electron chi connectivity index (χ0n) is 15.0. The first-order valence-corrected chi connectivity index (χ1v) is 8.30. The van der Waals surface area contributed by atoms with E-state index in [1.54, 1.807) is 45.0 Å². The molecule has 2 rings (SSSR count). The van der Waals surface area contributed by atoms with E-state index in [1.807, 2.05) is 0 Å². The standard InChI is InChI=1S/C18H22N2O6/c1-4-24-14(21)10-26-13-8-6-12(7-9-13)16-15(17(22)25-5-2)11(3)19-18(23)20-16/h6-9,16H,4-5,10H2,1-3H3,(H2,19,20,23). The Labute approximate surface area is 151 Å². The Morgan fingerprint density at radius 2 is 1.73 bits per heavy atom. The molecular formula is C18H22N2O6. The van der Waals surface area contributed by atoms with Gasteiger partial charge >= 0.3 is 18.0 Å². The number of urea groups is 1. The van der Waals surface area contributed by atoms with Crippen molar-refractivity contribution >= 4 is 18.0 Å². The minimum absolute atomic E-state index is 0.190. The van der Waals surface area contributed by atoms with Crippen molar-refractivity contribution in [2.75, 3.05) is 19.8 Å². The Balaban J connectivity index is 2.17. The molecule has 1 heterocycles. The van der Waals surface area contributed by atoms with Crippen molar-refractivity contribution in [2.24, 2.45) is 0 Å². The lowest BCUT2D eigenvalue weighted by molar-refractivity contribution is -0.145. The fraction of sp³-hybridized carbons (Fsp3) is 0.389. The van der Waals surface area contributed by atoms with Gasteiger partial charge in [-0.1, -0.05) is 12.1 Å². The number of carbonyl (C=O) groups excluding carboxylic acids is 3. The molecular weight excluding hydrogens is 340 g/mol. The summed E-state index contributed by atoms with van der Waals surface area (Å²) in [6.07, 6.45) is 0. The third-order valence-corrected chi connectivity index (χ3v) is 3.64. The first kappa shape index (κ1) is 19.3. The van der Waals surface area contributed by atoms with Gasteiger partial charge in [-0.15, -0.1) is 0 Å². The Bertz CT molecular complexity index is 711. The molecule has 2 N–H and O–H groups in total. The molecule has 0 bridgehead atoms. The smallest absolute Gasteiger partial charge is 0.344 e. The maximum atomic E-state index is 12.3. The van der Waals surface area contributed by atoms with Crippen molar-refractivity contribution in [3.8, 4) is 5.75 Å². The molecule has 1 atom stereocenters. The van der Waals surface area contributed by atoms with Crippen molar-refractivity contribution < 1.29 is 28.6 Å². The maximum Gasteiger partial charge on any atom is 0.344 e. The predicted molar refractivity (Wildman–Crippen MR) is 92.3 cm³/mol. The Hall–Kier alpha value is -3.03. The highest BCUT2D eigenvalue weighted by Crippen LogP contribution is 2.28. The van der Waals surface area contributed by atoms with E-state index >= 15 is 0 Å². The van der Waals surface area contributed by atoms with Crippen LogP contribution in [0.5, 0.6) is 5.75 Å². The molecule has 1 aromatic carbocycles. The van der Waals surface area contributed by atoms with Gasteiger partial charge < -0.3 is 24.8 Å². The van der Waals surface area contributed by atoms with Crippen molar-refractivity contribution in [1.82, 2.24) is 10.6 Å². The van der Waals surface area contributed by atoms with Gasteiger partial charge in [0.1, 0.15) is 5.75 Å². The fourth-order valence-corrected chi connectivity index (χ4v) is 2.52. The largest absolute Gasteiger partial charge is 0.482 e. The molecule has 0 radical (unpaired) electrons. The minimum atomic E-state index is -0.637. The van der Waals surface area contributed by atoms with Gasteiger partial charge in [-0.05, 0) is 38.5 Å². The Kier molecular flexibility index (Phi) is 6.60. The molecule has 140 valence electrons. The highest BCUT2D eigenvalue weighted by atomic mass is 16.6. The number of esters is 2. The van der Waals surface area contributed by atoms with Crippen molar-refractivity contribution in [3.05, 3.63) is 41.1 Å². The molecule has 8 heteroatoms. The van der Waals surface area contributed by atoms with Gasteiger partial charge in [0.2, 0.25) is 0 Å². The molecule has 1 aliphatic rings. The molecule has 0 aliphatic carbocycles. The lowest BCUT2D eigenvalue weighted by Crippen LogP contribution is -2.45. The minimum Gasteiger partial charge on any atom is -0.482 e. The molecule has 0 spiro atoms. The van der Waals surface area contributed by atoms with Crippen molar-refractivity contribution in [1.29, 1.82) is 0 Å². The Morgan fingerprint density at radius 1 is 1.08 bits per heavy atom. The number of carbonyl (C=O) groups is 3.